The van der Waals surface area contributed by atoms with Crippen LogP contribution in [0.15, 0.2) is 72.8 Å². The largest absolute Gasteiger partial charge is 0.488 e. The molecule has 4 aromatic rings. The number of nitrogens with one attached hydrogen (secondary N) is 1. The molecule has 2 aliphatic rings. The Bertz CT molecular complexity index is 1640. The maximum Gasteiger partial charge on any atom is 0.429 e. The Kier molecular flexibility index (Phi) is 7.97. The van der Waals surface area contributed by atoms with Gasteiger partial charge in [0.15, 0.2) is 6.29 Å². The van der Waals surface area contributed by atoms with Crippen LogP contribution in [0.25, 0.3) is 22.2 Å². The van der Waals surface area contributed by atoms with E-state index in [0.29, 0.717) is 24.5 Å². The molecule has 43 heavy (non-hydrogen) atoms. The van der Waals surface area contributed by atoms with E-state index in [4.69, 9.17) is 18.9 Å². The van der Waals surface area contributed by atoms with Gasteiger partial charge in [-0.05, 0) is 49.1 Å². The zero-order valence-corrected chi connectivity index (χ0v) is 23.0. The SMILES string of the molecule is N#Cc1c(-c2ccc(NC(=O)O[C@H](c3ccccc3)C(F)(F)F)cc2)n(C2CCC2)c2cc(OCC3OCCO3)ccc12. The molecule has 6 rings (SSSR count). The number of fused-ring (bicyclic) bond motifs is 1. The molecule has 1 aromatic heterocycles. The Balaban J connectivity index is 1.25. The number of carbonyl (C=O) groups is 1. The molecule has 0 bridgehead atoms. The van der Waals surface area contributed by atoms with E-state index in [-0.39, 0.29) is 23.9 Å². The molecular formula is C32H28F3N3O5. The lowest BCUT2D eigenvalue weighted by Gasteiger charge is -2.30. The number of hydrogen-bond acceptors (Lipinski definition) is 6. The van der Waals surface area contributed by atoms with E-state index in [0.717, 1.165) is 41.4 Å². The van der Waals surface area contributed by atoms with Gasteiger partial charge >= 0.3 is 12.3 Å². The maximum atomic E-state index is 13.6. The van der Waals surface area contributed by atoms with E-state index in [2.05, 4.69) is 16.0 Å². The molecular weight excluding hydrogens is 563 g/mol. The van der Waals surface area contributed by atoms with Crippen LogP contribution in [0.1, 0.15) is 42.5 Å². The summed E-state index contributed by atoms with van der Waals surface area (Å²) in [7, 11) is 0. The topological polar surface area (TPSA) is 94.7 Å². The minimum Gasteiger partial charge on any atom is -0.488 e. The zero-order valence-electron chi connectivity index (χ0n) is 23.0. The minimum atomic E-state index is -4.78. The first-order chi connectivity index (χ1) is 20.8. The summed E-state index contributed by atoms with van der Waals surface area (Å²) >= 11 is 0. The second-order valence-electron chi connectivity index (χ2n) is 10.4. The van der Waals surface area contributed by atoms with Gasteiger partial charge in [-0.3, -0.25) is 5.32 Å². The van der Waals surface area contributed by atoms with E-state index in [9.17, 15) is 23.2 Å². The summed E-state index contributed by atoms with van der Waals surface area (Å²) in [4.78, 5) is 12.5. The Morgan fingerprint density at radius 2 is 1.77 bits per heavy atom. The molecule has 1 aliphatic heterocycles. The number of carbonyl (C=O) groups excluding carboxylic acids is 1. The van der Waals surface area contributed by atoms with Gasteiger partial charge in [0.05, 0.1) is 30.0 Å². The summed E-state index contributed by atoms with van der Waals surface area (Å²) in [5.41, 5.74) is 2.91. The molecule has 2 heterocycles. The van der Waals surface area contributed by atoms with Crippen LogP contribution in [0.2, 0.25) is 0 Å². The van der Waals surface area contributed by atoms with E-state index < -0.39 is 24.7 Å². The van der Waals surface area contributed by atoms with Crippen molar-refractivity contribution < 1.29 is 36.9 Å². The van der Waals surface area contributed by atoms with E-state index >= 15 is 0 Å². The lowest BCUT2D eigenvalue weighted by Crippen LogP contribution is -2.28. The molecule has 1 saturated heterocycles. The van der Waals surface area contributed by atoms with Gasteiger partial charge in [0.2, 0.25) is 6.10 Å². The summed E-state index contributed by atoms with van der Waals surface area (Å²) in [6.07, 6.45) is -5.84. The molecule has 11 heteroatoms. The molecule has 8 nitrogen and oxygen atoms in total. The monoisotopic (exact) mass is 591 g/mol. The van der Waals surface area contributed by atoms with Gasteiger partial charge in [-0.15, -0.1) is 0 Å². The predicted molar refractivity (Wildman–Crippen MR) is 152 cm³/mol. The molecule has 222 valence electrons. The van der Waals surface area contributed by atoms with Crippen LogP contribution in [0.5, 0.6) is 5.75 Å². The average molecular weight is 592 g/mol. The minimum absolute atomic E-state index is 0.179. The van der Waals surface area contributed by atoms with E-state index in [1.54, 1.807) is 30.3 Å². The van der Waals surface area contributed by atoms with E-state index in [1.165, 1.54) is 24.3 Å². The van der Waals surface area contributed by atoms with Crippen molar-refractivity contribution in [1.82, 2.24) is 4.57 Å². The number of alkyl halides is 3. The van der Waals surface area contributed by atoms with Crippen LogP contribution in [0, 0.1) is 11.3 Å². The number of amides is 1. The number of nitrogens with zero attached hydrogens (tertiary/aromatic N) is 2. The Morgan fingerprint density at radius 1 is 1.05 bits per heavy atom. The molecule has 2 fully saturated rings. The molecule has 0 radical (unpaired) electrons. The van der Waals surface area contributed by atoms with Crippen molar-refractivity contribution in [1.29, 1.82) is 5.26 Å². The summed E-state index contributed by atoms with van der Waals surface area (Å²) in [6.45, 7) is 1.31. The fourth-order valence-electron chi connectivity index (χ4n) is 5.39. The standard InChI is InChI=1S/C32H28F3N3O5/c33-32(34,35)30(21-5-2-1-3-6-21)43-31(39)37-22-11-9-20(10-12-22)29-26(18-36)25-14-13-24(42-19-28-40-15-16-41-28)17-27(25)38(29)23-7-4-8-23/h1-3,5-6,9-14,17,23,28,30H,4,7-8,15-16,19H2,(H,37,39)/t30-/m1/s1. The van der Waals surface area contributed by atoms with Crippen LogP contribution in [-0.4, -0.2) is 42.9 Å². The van der Waals surface area contributed by atoms with Crippen molar-refractivity contribution in [3.63, 3.8) is 0 Å². The van der Waals surface area contributed by atoms with Crippen molar-refractivity contribution >= 4 is 22.7 Å². The summed E-state index contributed by atoms with van der Waals surface area (Å²) in [5, 5.41) is 13.4. The molecule has 1 N–H and O–H groups in total. The number of anilines is 1. The number of halogens is 3. The third-order valence-corrected chi connectivity index (χ3v) is 7.63. The zero-order chi connectivity index (χ0) is 30.0. The average Bonchev–Trinajstić information content (AvgIpc) is 3.60. The highest BCUT2D eigenvalue weighted by atomic mass is 19.4. The number of benzene rings is 3. The first-order valence-electron chi connectivity index (χ1n) is 14.0. The van der Waals surface area contributed by atoms with Gasteiger partial charge in [0.1, 0.15) is 18.4 Å². The Labute approximate surface area is 245 Å². The third kappa shape index (κ3) is 6.02. The van der Waals surface area contributed by atoms with Crippen LogP contribution < -0.4 is 10.1 Å². The van der Waals surface area contributed by atoms with Gasteiger partial charge in [-0.2, -0.15) is 18.4 Å². The molecule has 0 spiro atoms. The summed E-state index contributed by atoms with van der Waals surface area (Å²) < 4.78 is 64.7. The van der Waals surface area contributed by atoms with Crippen molar-refractivity contribution in [2.75, 3.05) is 25.1 Å². The smallest absolute Gasteiger partial charge is 0.429 e. The normalized spacial score (nSPS) is 16.4. The molecule has 1 amide bonds. The second kappa shape index (κ2) is 12.0. The number of aromatic nitrogens is 1. The summed E-state index contributed by atoms with van der Waals surface area (Å²) in [5.74, 6) is 0.631. The highest BCUT2D eigenvalue weighted by Gasteiger charge is 2.44. The Hall–Kier alpha value is -4.53. The fraction of sp³-hybridized carbons (Fsp3) is 0.312. The maximum absolute atomic E-state index is 13.6. The van der Waals surface area contributed by atoms with Crippen LogP contribution in [-0.2, 0) is 14.2 Å². The molecule has 1 atom stereocenters. The van der Waals surface area contributed by atoms with Crippen LogP contribution in [0.4, 0.5) is 23.7 Å². The highest BCUT2D eigenvalue weighted by molar-refractivity contribution is 5.96. The van der Waals surface area contributed by atoms with Gasteiger partial charge in [0.25, 0.3) is 0 Å². The molecule has 1 aliphatic carbocycles. The third-order valence-electron chi connectivity index (χ3n) is 7.63. The predicted octanol–water partition coefficient (Wildman–Crippen LogP) is 7.51. The number of ether oxygens (including phenoxy) is 4. The van der Waals surface area contributed by atoms with Gasteiger partial charge in [-0.25, -0.2) is 4.79 Å². The van der Waals surface area contributed by atoms with Gasteiger partial charge in [-0.1, -0.05) is 42.5 Å². The number of nitriles is 1. The molecule has 3 aromatic carbocycles. The van der Waals surface area contributed by atoms with Gasteiger partial charge < -0.3 is 23.5 Å². The molecule has 1 saturated carbocycles. The van der Waals surface area contributed by atoms with Crippen molar-refractivity contribution in [2.45, 2.75) is 43.9 Å². The highest BCUT2D eigenvalue weighted by Crippen LogP contribution is 2.43. The molecule has 0 unspecified atom stereocenters. The van der Waals surface area contributed by atoms with Crippen molar-refractivity contribution in [3.8, 4) is 23.1 Å². The van der Waals surface area contributed by atoms with Crippen molar-refractivity contribution in [2.24, 2.45) is 0 Å². The van der Waals surface area contributed by atoms with Crippen molar-refractivity contribution in [3.05, 3.63) is 83.9 Å². The lowest BCUT2D eigenvalue weighted by molar-refractivity contribution is -0.205. The second-order valence-corrected chi connectivity index (χ2v) is 10.4. The Morgan fingerprint density at radius 3 is 2.40 bits per heavy atom. The fourth-order valence-corrected chi connectivity index (χ4v) is 5.39. The van der Waals surface area contributed by atoms with Crippen LogP contribution in [0.3, 0.4) is 0 Å². The van der Waals surface area contributed by atoms with E-state index in [1.807, 2.05) is 18.2 Å². The van der Waals surface area contributed by atoms with Gasteiger partial charge in [0, 0.05) is 28.7 Å². The summed E-state index contributed by atoms with van der Waals surface area (Å²) in [6, 6.07) is 21.7. The first kappa shape index (κ1) is 28.6. The number of rotatable bonds is 8. The lowest BCUT2D eigenvalue weighted by atomic mass is 9.92. The first-order valence-corrected chi connectivity index (χ1v) is 14.0. The number of hydrogen-bond donors (Lipinski definition) is 1. The van der Waals surface area contributed by atoms with Crippen LogP contribution >= 0.6 is 0 Å². The quantitative estimate of drug-likeness (QED) is 0.228.